The van der Waals surface area contributed by atoms with E-state index in [4.69, 9.17) is 10.2 Å². The number of hydrogen-bond donors (Lipinski definition) is 1. The zero-order chi connectivity index (χ0) is 16.2. The molecule has 23 heavy (non-hydrogen) atoms. The number of amides is 1. The standard InChI is InChI=1S/C19H24N2O2/c1-2-17(14-7-4-3-5-8-14)18-9-6-10-21(18)19(22)15-11-16(12-20)23-13-15/h3-5,7-8,11,13,17-18H,2,6,9-10,12,20H2,1H3. The Morgan fingerprint density at radius 3 is 2.83 bits per heavy atom. The van der Waals surface area contributed by atoms with Crippen LogP contribution in [0.15, 0.2) is 47.1 Å². The van der Waals surface area contributed by atoms with Crippen LogP contribution in [0.25, 0.3) is 0 Å². The van der Waals surface area contributed by atoms with Crippen LogP contribution in [0.5, 0.6) is 0 Å². The molecule has 0 bridgehead atoms. The van der Waals surface area contributed by atoms with Crippen molar-refractivity contribution in [3.05, 3.63) is 59.5 Å². The third kappa shape index (κ3) is 3.17. The van der Waals surface area contributed by atoms with Crippen molar-refractivity contribution in [1.29, 1.82) is 0 Å². The fourth-order valence-corrected chi connectivity index (χ4v) is 3.66. The van der Waals surface area contributed by atoms with Crippen molar-refractivity contribution in [1.82, 2.24) is 4.90 Å². The normalized spacial score (nSPS) is 19.0. The second-order valence-corrected chi connectivity index (χ2v) is 6.14. The number of rotatable bonds is 5. The van der Waals surface area contributed by atoms with E-state index in [9.17, 15) is 4.79 Å². The van der Waals surface area contributed by atoms with Gasteiger partial charge in [-0.1, -0.05) is 37.3 Å². The number of carbonyl (C=O) groups is 1. The first-order valence-corrected chi connectivity index (χ1v) is 8.38. The van der Waals surface area contributed by atoms with Gasteiger partial charge in [0.05, 0.1) is 12.1 Å². The van der Waals surface area contributed by atoms with E-state index in [-0.39, 0.29) is 11.9 Å². The van der Waals surface area contributed by atoms with Crippen LogP contribution in [0.2, 0.25) is 0 Å². The van der Waals surface area contributed by atoms with Gasteiger partial charge in [-0.3, -0.25) is 4.79 Å². The minimum absolute atomic E-state index is 0.0605. The molecule has 122 valence electrons. The van der Waals surface area contributed by atoms with E-state index in [1.165, 1.54) is 11.8 Å². The summed E-state index contributed by atoms with van der Waals surface area (Å²) in [5, 5.41) is 0. The molecule has 1 saturated heterocycles. The Hall–Kier alpha value is -2.07. The van der Waals surface area contributed by atoms with E-state index < -0.39 is 0 Å². The van der Waals surface area contributed by atoms with Crippen LogP contribution < -0.4 is 5.73 Å². The lowest BCUT2D eigenvalue weighted by atomic mass is 9.87. The van der Waals surface area contributed by atoms with Gasteiger partial charge in [0.2, 0.25) is 0 Å². The average Bonchev–Trinajstić information content (AvgIpc) is 3.25. The number of benzene rings is 1. The van der Waals surface area contributed by atoms with E-state index >= 15 is 0 Å². The zero-order valence-corrected chi connectivity index (χ0v) is 13.6. The zero-order valence-electron chi connectivity index (χ0n) is 13.6. The summed E-state index contributed by atoms with van der Waals surface area (Å²) >= 11 is 0. The SMILES string of the molecule is CCC(c1ccccc1)C1CCCN1C(=O)c1coc(CN)c1. The topological polar surface area (TPSA) is 59.5 Å². The lowest BCUT2D eigenvalue weighted by Crippen LogP contribution is -2.39. The monoisotopic (exact) mass is 312 g/mol. The van der Waals surface area contributed by atoms with Gasteiger partial charge in [-0.05, 0) is 30.9 Å². The summed E-state index contributed by atoms with van der Waals surface area (Å²) in [5.41, 5.74) is 7.50. The first kappa shape index (κ1) is 15.8. The largest absolute Gasteiger partial charge is 0.467 e. The highest BCUT2D eigenvalue weighted by atomic mass is 16.3. The van der Waals surface area contributed by atoms with Crippen molar-refractivity contribution in [3.63, 3.8) is 0 Å². The summed E-state index contributed by atoms with van der Waals surface area (Å²) in [6, 6.07) is 12.5. The van der Waals surface area contributed by atoms with Crippen LogP contribution in [0.1, 0.15) is 53.8 Å². The van der Waals surface area contributed by atoms with Crippen LogP contribution >= 0.6 is 0 Å². The summed E-state index contributed by atoms with van der Waals surface area (Å²) in [6.45, 7) is 3.33. The van der Waals surface area contributed by atoms with Gasteiger partial charge in [0.1, 0.15) is 12.0 Å². The Bertz CT molecular complexity index is 650. The van der Waals surface area contributed by atoms with Gasteiger partial charge in [0.25, 0.3) is 5.91 Å². The molecule has 2 N–H and O–H groups in total. The number of furan rings is 1. The van der Waals surface area contributed by atoms with Crippen molar-refractivity contribution in [3.8, 4) is 0 Å². The quantitative estimate of drug-likeness (QED) is 0.918. The molecule has 0 saturated carbocycles. The Morgan fingerprint density at radius 1 is 1.39 bits per heavy atom. The molecule has 1 aliphatic rings. The Kier molecular flexibility index (Phi) is 4.82. The molecule has 4 heteroatoms. The Labute approximate surface area is 137 Å². The molecule has 1 aliphatic heterocycles. The van der Waals surface area contributed by atoms with Crippen LogP contribution in [-0.2, 0) is 6.54 Å². The van der Waals surface area contributed by atoms with Crippen molar-refractivity contribution in [2.24, 2.45) is 5.73 Å². The third-order valence-corrected chi connectivity index (χ3v) is 4.79. The molecule has 1 amide bonds. The summed E-state index contributed by atoms with van der Waals surface area (Å²) in [7, 11) is 0. The van der Waals surface area contributed by atoms with Gasteiger partial charge >= 0.3 is 0 Å². The molecule has 0 radical (unpaired) electrons. The molecule has 2 atom stereocenters. The third-order valence-electron chi connectivity index (χ3n) is 4.79. The number of hydrogen-bond acceptors (Lipinski definition) is 3. The number of likely N-dealkylation sites (tertiary alicyclic amines) is 1. The molecule has 2 aromatic rings. The van der Waals surface area contributed by atoms with Gasteiger partial charge < -0.3 is 15.1 Å². The smallest absolute Gasteiger partial charge is 0.257 e. The van der Waals surface area contributed by atoms with Gasteiger partial charge in [0.15, 0.2) is 0 Å². The molecule has 2 unspecified atom stereocenters. The van der Waals surface area contributed by atoms with E-state index in [1.54, 1.807) is 6.07 Å². The second kappa shape index (κ2) is 7.01. The first-order chi connectivity index (χ1) is 11.2. The Balaban J connectivity index is 1.82. The summed E-state index contributed by atoms with van der Waals surface area (Å²) < 4.78 is 5.33. The highest BCUT2D eigenvalue weighted by molar-refractivity contribution is 5.94. The minimum Gasteiger partial charge on any atom is -0.467 e. The fourth-order valence-electron chi connectivity index (χ4n) is 3.66. The van der Waals surface area contributed by atoms with Crippen molar-refractivity contribution in [2.45, 2.75) is 44.7 Å². The van der Waals surface area contributed by atoms with E-state index in [0.29, 0.717) is 23.8 Å². The number of carbonyl (C=O) groups excluding carboxylic acids is 1. The van der Waals surface area contributed by atoms with Gasteiger partial charge in [-0.25, -0.2) is 0 Å². The maximum atomic E-state index is 12.9. The highest BCUT2D eigenvalue weighted by Crippen LogP contribution is 2.34. The van der Waals surface area contributed by atoms with Crippen LogP contribution in [0, 0.1) is 0 Å². The predicted molar refractivity (Wildman–Crippen MR) is 90.1 cm³/mol. The van der Waals surface area contributed by atoms with Gasteiger partial charge in [-0.2, -0.15) is 0 Å². The van der Waals surface area contributed by atoms with Crippen LogP contribution in [0.4, 0.5) is 0 Å². The second-order valence-electron chi connectivity index (χ2n) is 6.14. The molecule has 4 nitrogen and oxygen atoms in total. The molecule has 1 aromatic carbocycles. The number of nitrogens with two attached hydrogens (primary N) is 1. The fraction of sp³-hybridized carbons (Fsp3) is 0.421. The van der Waals surface area contributed by atoms with Crippen molar-refractivity contribution in [2.75, 3.05) is 6.54 Å². The first-order valence-electron chi connectivity index (χ1n) is 8.38. The van der Waals surface area contributed by atoms with Crippen molar-refractivity contribution >= 4 is 5.91 Å². The highest BCUT2D eigenvalue weighted by Gasteiger charge is 2.35. The summed E-state index contributed by atoms with van der Waals surface area (Å²) in [6.07, 6.45) is 4.67. The van der Waals surface area contributed by atoms with Gasteiger partial charge in [-0.15, -0.1) is 0 Å². The van der Waals surface area contributed by atoms with Gasteiger partial charge in [0, 0.05) is 18.5 Å². The maximum Gasteiger partial charge on any atom is 0.257 e. The molecular weight excluding hydrogens is 288 g/mol. The Morgan fingerprint density at radius 2 is 2.17 bits per heavy atom. The molecular formula is C19H24N2O2. The van der Waals surface area contributed by atoms with E-state index in [1.807, 2.05) is 11.0 Å². The lowest BCUT2D eigenvalue weighted by Gasteiger charge is -2.31. The predicted octanol–water partition coefficient (Wildman–Crippen LogP) is 3.54. The molecule has 3 rings (SSSR count). The molecule has 0 aliphatic carbocycles. The van der Waals surface area contributed by atoms with Crippen LogP contribution in [0.3, 0.4) is 0 Å². The van der Waals surface area contributed by atoms with Crippen LogP contribution in [-0.4, -0.2) is 23.4 Å². The number of nitrogens with zero attached hydrogens (tertiary/aromatic N) is 1. The molecule has 1 aromatic heterocycles. The lowest BCUT2D eigenvalue weighted by molar-refractivity contribution is 0.0714. The average molecular weight is 312 g/mol. The minimum atomic E-state index is 0.0605. The van der Waals surface area contributed by atoms with E-state index in [0.717, 1.165) is 25.8 Å². The van der Waals surface area contributed by atoms with E-state index in [2.05, 4.69) is 31.2 Å². The van der Waals surface area contributed by atoms with Crippen molar-refractivity contribution < 1.29 is 9.21 Å². The molecule has 2 heterocycles. The summed E-state index contributed by atoms with van der Waals surface area (Å²) in [4.78, 5) is 14.9. The molecule has 0 spiro atoms. The summed E-state index contributed by atoms with van der Waals surface area (Å²) in [5.74, 6) is 1.09. The maximum absolute atomic E-state index is 12.9. The molecule has 1 fully saturated rings.